The van der Waals surface area contributed by atoms with Crippen molar-refractivity contribution in [2.75, 3.05) is 6.54 Å². The van der Waals surface area contributed by atoms with Crippen LogP contribution in [0.25, 0.3) is 0 Å². The van der Waals surface area contributed by atoms with E-state index in [4.69, 9.17) is 20.3 Å². The van der Waals surface area contributed by atoms with Crippen LogP contribution in [0.15, 0.2) is 30.3 Å². The lowest BCUT2D eigenvalue weighted by Crippen LogP contribution is -2.44. The number of hydrogen-bond acceptors (Lipinski definition) is 6. The SMILES string of the molecule is CC(C)(C)OC(=O)N(CC[C@H](N)C(=O)O)C(=O)OCc1ccccc1. The molecule has 0 aliphatic carbocycles. The van der Waals surface area contributed by atoms with Crippen molar-refractivity contribution in [1.29, 1.82) is 0 Å². The van der Waals surface area contributed by atoms with Crippen LogP contribution in [-0.4, -0.2) is 46.3 Å². The molecule has 0 unspecified atom stereocenters. The molecule has 3 N–H and O–H groups in total. The lowest BCUT2D eigenvalue weighted by molar-refractivity contribution is -0.138. The molecule has 0 spiro atoms. The first-order chi connectivity index (χ1) is 11.6. The van der Waals surface area contributed by atoms with Gasteiger partial charge in [0.15, 0.2) is 0 Å². The molecule has 2 amide bonds. The predicted molar refractivity (Wildman–Crippen MR) is 89.8 cm³/mol. The number of carbonyl (C=O) groups is 3. The second-order valence-electron chi connectivity index (χ2n) is 6.41. The molecule has 0 radical (unpaired) electrons. The van der Waals surface area contributed by atoms with Crippen molar-refractivity contribution in [1.82, 2.24) is 4.90 Å². The van der Waals surface area contributed by atoms with E-state index < -0.39 is 29.8 Å². The number of benzene rings is 1. The van der Waals surface area contributed by atoms with Crippen molar-refractivity contribution in [3.05, 3.63) is 35.9 Å². The van der Waals surface area contributed by atoms with Gasteiger partial charge in [0.05, 0.1) is 0 Å². The van der Waals surface area contributed by atoms with Gasteiger partial charge >= 0.3 is 18.2 Å². The molecule has 0 saturated heterocycles. The standard InChI is InChI=1S/C17H24N2O6/c1-17(2,3)25-16(23)19(10-9-13(18)14(20)21)15(22)24-11-12-7-5-4-6-8-12/h4-8,13H,9-11,18H2,1-3H3,(H,20,21)/t13-/m0/s1. The Kier molecular flexibility index (Phi) is 7.38. The minimum absolute atomic E-state index is 0.0239. The van der Waals surface area contributed by atoms with Crippen molar-refractivity contribution in [3.63, 3.8) is 0 Å². The maximum Gasteiger partial charge on any atom is 0.419 e. The van der Waals surface area contributed by atoms with Crippen LogP contribution in [0.5, 0.6) is 0 Å². The number of rotatable bonds is 6. The highest BCUT2D eigenvalue weighted by Gasteiger charge is 2.29. The Hall–Kier alpha value is -2.61. The topological polar surface area (TPSA) is 119 Å². The van der Waals surface area contributed by atoms with Gasteiger partial charge in [-0.2, -0.15) is 0 Å². The van der Waals surface area contributed by atoms with E-state index >= 15 is 0 Å². The summed E-state index contributed by atoms with van der Waals surface area (Å²) in [5, 5.41) is 8.83. The highest BCUT2D eigenvalue weighted by molar-refractivity contribution is 5.88. The van der Waals surface area contributed by atoms with Gasteiger partial charge in [0.2, 0.25) is 0 Å². The van der Waals surface area contributed by atoms with Crippen LogP contribution >= 0.6 is 0 Å². The van der Waals surface area contributed by atoms with Crippen molar-refractivity contribution in [3.8, 4) is 0 Å². The summed E-state index contributed by atoms with van der Waals surface area (Å²) in [6, 6.07) is 7.75. The van der Waals surface area contributed by atoms with Gasteiger partial charge in [-0.15, -0.1) is 0 Å². The zero-order chi connectivity index (χ0) is 19.0. The van der Waals surface area contributed by atoms with E-state index in [0.29, 0.717) is 0 Å². The van der Waals surface area contributed by atoms with Gasteiger partial charge in [-0.05, 0) is 32.8 Å². The number of nitrogens with zero attached hydrogens (tertiary/aromatic N) is 1. The van der Waals surface area contributed by atoms with Crippen LogP contribution in [-0.2, 0) is 20.9 Å². The molecule has 138 valence electrons. The summed E-state index contributed by atoms with van der Waals surface area (Å²) in [7, 11) is 0. The molecule has 8 nitrogen and oxygen atoms in total. The van der Waals surface area contributed by atoms with Crippen molar-refractivity contribution in [2.24, 2.45) is 5.73 Å². The zero-order valence-corrected chi connectivity index (χ0v) is 14.6. The Morgan fingerprint density at radius 3 is 2.28 bits per heavy atom. The van der Waals surface area contributed by atoms with Crippen molar-refractivity contribution in [2.45, 2.75) is 45.4 Å². The lowest BCUT2D eigenvalue weighted by Gasteiger charge is -2.26. The Balaban J connectivity index is 2.75. The molecule has 1 rings (SSSR count). The van der Waals surface area contributed by atoms with Crippen LogP contribution in [0.4, 0.5) is 9.59 Å². The molecule has 0 aliphatic heterocycles. The first-order valence-electron chi connectivity index (χ1n) is 7.79. The molecule has 8 heteroatoms. The molecule has 25 heavy (non-hydrogen) atoms. The van der Waals surface area contributed by atoms with E-state index in [1.165, 1.54) is 0 Å². The summed E-state index contributed by atoms with van der Waals surface area (Å²) in [5.41, 5.74) is 5.36. The normalized spacial score (nSPS) is 12.2. The minimum atomic E-state index is -1.22. The van der Waals surface area contributed by atoms with Crippen molar-refractivity contribution >= 4 is 18.2 Å². The molecule has 1 aromatic rings. The second-order valence-corrected chi connectivity index (χ2v) is 6.41. The fourth-order valence-corrected chi connectivity index (χ4v) is 1.76. The van der Waals surface area contributed by atoms with E-state index in [9.17, 15) is 14.4 Å². The van der Waals surface area contributed by atoms with Gasteiger partial charge < -0.3 is 20.3 Å². The third-order valence-corrected chi connectivity index (χ3v) is 3.02. The molecule has 0 saturated carbocycles. The van der Waals surface area contributed by atoms with Crippen LogP contribution in [0, 0.1) is 0 Å². The molecular formula is C17H24N2O6. The van der Waals surface area contributed by atoms with Gasteiger partial charge in [-0.25, -0.2) is 14.5 Å². The van der Waals surface area contributed by atoms with Crippen LogP contribution in [0.3, 0.4) is 0 Å². The van der Waals surface area contributed by atoms with E-state index in [0.717, 1.165) is 10.5 Å². The number of imide groups is 1. The molecule has 0 aromatic heterocycles. The van der Waals surface area contributed by atoms with Crippen LogP contribution < -0.4 is 5.73 Å². The number of aliphatic carboxylic acids is 1. The first kappa shape index (κ1) is 20.4. The average molecular weight is 352 g/mol. The summed E-state index contributed by atoms with van der Waals surface area (Å²) in [6.07, 6.45) is -1.95. The Labute approximate surface area is 146 Å². The smallest absolute Gasteiger partial charge is 0.419 e. The summed E-state index contributed by atoms with van der Waals surface area (Å²) in [4.78, 5) is 36.0. The molecular weight excluding hydrogens is 328 g/mol. The van der Waals surface area contributed by atoms with Crippen LogP contribution in [0.2, 0.25) is 0 Å². The van der Waals surface area contributed by atoms with E-state index in [-0.39, 0.29) is 19.6 Å². The molecule has 0 fully saturated rings. The number of nitrogens with two attached hydrogens (primary N) is 1. The third-order valence-electron chi connectivity index (χ3n) is 3.02. The first-order valence-corrected chi connectivity index (χ1v) is 7.79. The Morgan fingerprint density at radius 2 is 1.76 bits per heavy atom. The number of carboxylic acid groups (broad SMARTS) is 1. The van der Waals surface area contributed by atoms with Gasteiger partial charge in [0.1, 0.15) is 18.2 Å². The van der Waals surface area contributed by atoms with E-state index in [1.807, 2.05) is 6.07 Å². The number of ether oxygens (including phenoxy) is 2. The summed E-state index contributed by atoms with van der Waals surface area (Å²) in [5.74, 6) is -1.22. The minimum Gasteiger partial charge on any atom is -0.480 e. The number of hydrogen-bond donors (Lipinski definition) is 2. The van der Waals surface area contributed by atoms with Crippen LogP contribution in [0.1, 0.15) is 32.8 Å². The number of amides is 2. The maximum atomic E-state index is 12.2. The highest BCUT2D eigenvalue weighted by Crippen LogP contribution is 2.12. The maximum absolute atomic E-state index is 12.2. The number of carbonyl (C=O) groups excluding carboxylic acids is 2. The largest absolute Gasteiger partial charge is 0.480 e. The van der Waals surface area contributed by atoms with E-state index in [2.05, 4.69) is 0 Å². The summed E-state index contributed by atoms with van der Waals surface area (Å²) < 4.78 is 10.3. The average Bonchev–Trinajstić information content (AvgIpc) is 2.52. The molecule has 0 bridgehead atoms. The molecule has 0 aliphatic rings. The molecule has 1 aromatic carbocycles. The van der Waals surface area contributed by atoms with E-state index in [1.54, 1.807) is 45.0 Å². The van der Waals surface area contributed by atoms with Gasteiger partial charge in [-0.3, -0.25) is 4.79 Å². The highest BCUT2D eigenvalue weighted by atomic mass is 16.6. The number of carboxylic acids is 1. The second kappa shape index (κ2) is 9.03. The summed E-state index contributed by atoms with van der Waals surface area (Å²) in [6.45, 7) is 4.71. The summed E-state index contributed by atoms with van der Waals surface area (Å²) >= 11 is 0. The Bertz CT molecular complexity index is 597. The zero-order valence-electron chi connectivity index (χ0n) is 14.6. The Morgan fingerprint density at radius 1 is 1.16 bits per heavy atom. The van der Waals surface area contributed by atoms with Gasteiger partial charge in [-0.1, -0.05) is 30.3 Å². The van der Waals surface area contributed by atoms with Crippen molar-refractivity contribution < 1.29 is 29.0 Å². The lowest BCUT2D eigenvalue weighted by atomic mass is 10.2. The fourth-order valence-electron chi connectivity index (χ4n) is 1.76. The predicted octanol–water partition coefficient (Wildman–Crippen LogP) is 2.36. The monoisotopic (exact) mass is 352 g/mol. The third kappa shape index (κ3) is 7.67. The van der Waals surface area contributed by atoms with Gasteiger partial charge in [0, 0.05) is 6.54 Å². The quantitative estimate of drug-likeness (QED) is 0.806. The van der Waals surface area contributed by atoms with Gasteiger partial charge in [0.25, 0.3) is 0 Å². The molecule has 1 atom stereocenters. The fraction of sp³-hybridized carbons (Fsp3) is 0.471. The molecule has 0 heterocycles.